The third-order valence-corrected chi connectivity index (χ3v) is 5.02. The summed E-state index contributed by atoms with van der Waals surface area (Å²) in [4.78, 5) is 8.68. The van der Waals surface area contributed by atoms with E-state index in [1.165, 1.54) is 25.3 Å². The largest absolute Gasteiger partial charge is 0.495 e. The highest BCUT2D eigenvalue weighted by molar-refractivity contribution is 5.81. The molecule has 0 aliphatic carbocycles. The Morgan fingerprint density at radius 2 is 1.29 bits per heavy atom. The minimum absolute atomic E-state index is 0.0556. The second-order valence-corrected chi connectivity index (χ2v) is 7.86. The maximum atomic E-state index is 13.9. The highest BCUT2D eigenvalue weighted by Crippen LogP contribution is 2.28. The minimum atomic E-state index is -0.781. The molecule has 0 saturated heterocycles. The Hall–Kier alpha value is -5.00. The number of nitrogens with zero attached hydrogens (tertiary/aromatic N) is 4. The van der Waals surface area contributed by atoms with E-state index in [1.807, 2.05) is 19.1 Å². The quantitative estimate of drug-likeness (QED) is 0.142. The van der Waals surface area contributed by atoms with E-state index in [2.05, 4.69) is 36.3 Å². The summed E-state index contributed by atoms with van der Waals surface area (Å²) in [5, 5.41) is 11.0. The van der Waals surface area contributed by atoms with Crippen LogP contribution < -0.4 is 20.9 Å². The molecule has 0 spiro atoms. The molecule has 1 aromatic heterocycles. The first-order valence-corrected chi connectivity index (χ1v) is 11.1. The monoisotopic (exact) mass is 523 g/mol. The van der Waals surface area contributed by atoms with Gasteiger partial charge >= 0.3 is 0 Å². The van der Waals surface area contributed by atoms with Crippen LogP contribution in [0.5, 0.6) is 5.75 Å². The highest BCUT2D eigenvalue weighted by atomic mass is 19.1. The van der Waals surface area contributed by atoms with Crippen LogP contribution in [0.3, 0.4) is 0 Å². The summed E-state index contributed by atoms with van der Waals surface area (Å²) in [6, 6.07) is 13.1. The average Bonchev–Trinajstić information content (AvgIpc) is 2.87. The van der Waals surface area contributed by atoms with E-state index in [-0.39, 0.29) is 28.7 Å². The van der Waals surface area contributed by atoms with Crippen LogP contribution in [0, 0.1) is 30.2 Å². The lowest BCUT2D eigenvalue weighted by atomic mass is 10.2. The number of hydrazone groups is 2. The van der Waals surface area contributed by atoms with Crippen LogP contribution in [-0.2, 0) is 0 Å². The van der Waals surface area contributed by atoms with Gasteiger partial charge in [0.25, 0.3) is 0 Å². The van der Waals surface area contributed by atoms with Crippen molar-refractivity contribution in [2.24, 2.45) is 10.2 Å². The fourth-order valence-electron chi connectivity index (χ4n) is 3.21. The van der Waals surface area contributed by atoms with Crippen LogP contribution in [-0.4, -0.2) is 29.5 Å². The van der Waals surface area contributed by atoms with E-state index >= 15 is 0 Å². The molecule has 0 radical (unpaired) electrons. The number of methoxy groups -OCH3 is 1. The van der Waals surface area contributed by atoms with Gasteiger partial charge in [-0.2, -0.15) is 20.2 Å². The van der Waals surface area contributed by atoms with Crippen molar-refractivity contribution >= 4 is 35.7 Å². The smallest absolute Gasteiger partial charge is 0.231 e. The summed E-state index contributed by atoms with van der Waals surface area (Å²) in [6.45, 7) is 1.91. The normalized spacial score (nSPS) is 11.2. The molecule has 0 aliphatic heterocycles. The van der Waals surface area contributed by atoms with Crippen LogP contribution in [0.1, 0.15) is 16.7 Å². The summed E-state index contributed by atoms with van der Waals surface area (Å²) in [5.74, 6) is -1.95. The number of benzene rings is 3. The third kappa shape index (κ3) is 6.81. The Balaban J connectivity index is 1.60. The van der Waals surface area contributed by atoms with Crippen LogP contribution >= 0.6 is 0 Å². The van der Waals surface area contributed by atoms with Crippen molar-refractivity contribution in [1.29, 1.82) is 0 Å². The lowest BCUT2D eigenvalue weighted by Crippen LogP contribution is -2.05. The number of ether oxygens (including phenoxy) is 1. The van der Waals surface area contributed by atoms with Gasteiger partial charge in [0, 0.05) is 29.3 Å². The van der Waals surface area contributed by atoms with Gasteiger partial charge in [0.1, 0.15) is 29.0 Å². The van der Waals surface area contributed by atoms with Crippen LogP contribution in [0.4, 0.5) is 40.8 Å². The number of hydrogen-bond acceptors (Lipinski definition) is 8. The number of halogens is 4. The molecular formula is C26H21F4N7O. The van der Waals surface area contributed by atoms with E-state index in [1.54, 1.807) is 6.07 Å². The van der Waals surface area contributed by atoms with Gasteiger partial charge in [0.05, 0.1) is 25.2 Å². The maximum absolute atomic E-state index is 13.9. The van der Waals surface area contributed by atoms with Gasteiger partial charge in [-0.15, -0.1) is 0 Å². The van der Waals surface area contributed by atoms with E-state index in [9.17, 15) is 17.6 Å². The van der Waals surface area contributed by atoms with Gasteiger partial charge in [-0.25, -0.2) is 17.6 Å². The van der Waals surface area contributed by atoms with Gasteiger partial charge in [-0.05, 0) is 48.9 Å². The zero-order valence-electron chi connectivity index (χ0n) is 20.1. The molecule has 0 fully saturated rings. The summed E-state index contributed by atoms with van der Waals surface area (Å²) in [6.07, 6.45) is 2.33. The standard InChI is InChI=1S/C26H21F4N7O/c1-15-3-8-23(38-2)22(9-15)33-26-34-24(36-31-13-16-4-6-18(27)10-20(16)29)12-25(35-26)37-32-14-17-5-7-19(28)11-21(17)30/h3-14H,1-2H3,(H3,33,34,35,36,37). The van der Waals surface area contributed by atoms with E-state index < -0.39 is 23.3 Å². The van der Waals surface area contributed by atoms with Crippen molar-refractivity contribution in [3.05, 3.63) is 101 Å². The van der Waals surface area contributed by atoms with Crippen molar-refractivity contribution in [3.63, 3.8) is 0 Å². The molecule has 0 bridgehead atoms. The minimum Gasteiger partial charge on any atom is -0.495 e. The Morgan fingerprint density at radius 3 is 1.79 bits per heavy atom. The van der Waals surface area contributed by atoms with Gasteiger partial charge in [0.15, 0.2) is 11.6 Å². The second-order valence-electron chi connectivity index (χ2n) is 7.86. The molecule has 194 valence electrons. The molecule has 1 heterocycles. The topological polar surface area (TPSA) is 95.8 Å². The van der Waals surface area contributed by atoms with Crippen molar-refractivity contribution in [1.82, 2.24) is 9.97 Å². The molecule has 12 heteroatoms. The Labute approximate surface area is 215 Å². The van der Waals surface area contributed by atoms with Gasteiger partial charge in [0.2, 0.25) is 5.95 Å². The molecule has 0 atom stereocenters. The maximum Gasteiger partial charge on any atom is 0.231 e. The molecule has 38 heavy (non-hydrogen) atoms. The van der Waals surface area contributed by atoms with Gasteiger partial charge in [-0.1, -0.05) is 6.07 Å². The second kappa shape index (κ2) is 11.8. The van der Waals surface area contributed by atoms with Crippen molar-refractivity contribution in [2.75, 3.05) is 23.3 Å². The van der Waals surface area contributed by atoms with Gasteiger partial charge < -0.3 is 10.1 Å². The molecule has 3 N–H and O–H groups in total. The van der Waals surface area contributed by atoms with Crippen LogP contribution in [0.15, 0.2) is 70.9 Å². The molecule has 0 amide bonds. The first-order valence-electron chi connectivity index (χ1n) is 11.1. The molecule has 4 aromatic rings. The molecule has 4 rings (SSSR count). The van der Waals surface area contributed by atoms with Crippen molar-refractivity contribution in [2.45, 2.75) is 6.92 Å². The third-order valence-electron chi connectivity index (χ3n) is 5.02. The van der Waals surface area contributed by atoms with E-state index in [0.29, 0.717) is 11.4 Å². The number of anilines is 4. The Bertz CT molecular complexity index is 1430. The molecule has 8 nitrogen and oxygen atoms in total. The highest BCUT2D eigenvalue weighted by Gasteiger charge is 2.09. The number of aromatic nitrogens is 2. The zero-order valence-corrected chi connectivity index (χ0v) is 20.1. The fourth-order valence-corrected chi connectivity index (χ4v) is 3.21. The van der Waals surface area contributed by atoms with E-state index in [0.717, 1.165) is 42.3 Å². The molecule has 0 saturated carbocycles. The van der Waals surface area contributed by atoms with Gasteiger partial charge in [-0.3, -0.25) is 10.9 Å². The SMILES string of the molecule is COc1ccc(C)cc1Nc1nc(NN=Cc2ccc(F)cc2F)cc(NN=Cc2ccc(F)cc2F)n1. The number of rotatable bonds is 9. The Kier molecular flexibility index (Phi) is 8.11. The summed E-state index contributed by atoms with van der Waals surface area (Å²) in [7, 11) is 1.52. The van der Waals surface area contributed by atoms with Crippen molar-refractivity contribution in [3.8, 4) is 5.75 Å². The summed E-state index contributed by atoms with van der Waals surface area (Å²) >= 11 is 0. The predicted molar refractivity (Wildman–Crippen MR) is 138 cm³/mol. The lowest BCUT2D eigenvalue weighted by molar-refractivity contribution is 0.416. The predicted octanol–water partition coefficient (Wildman–Crippen LogP) is 5.99. The average molecular weight is 523 g/mol. The first kappa shape index (κ1) is 26.1. The summed E-state index contributed by atoms with van der Waals surface area (Å²) < 4.78 is 59.5. The number of hydrogen-bond donors (Lipinski definition) is 3. The van der Waals surface area contributed by atoms with Crippen LogP contribution in [0.25, 0.3) is 0 Å². The first-order chi connectivity index (χ1) is 18.3. The Morgan fingerprint density at radius 1 is 0.737 bits per heavy atom. The van der Waals surface area contributed by atoms with E-state index in [4.69, 9.17) is 4.74 Å². The summed E-state index contributed by atoms with van der Waals surface area (Å²) in [5.41, 5.74) is 6.97. The number of aryl methyl sites for hydroxylation is 1. The lowest BCUT2D eigenvalue weighted by Gasteiger charge is -2.12. The molecule has 0 aliphatic rings. The molecule has 0 unspecified atom stereocenters. The van der Waals surface area contributed by atoms with Crippen LogP contribution in [0.2, 0.25) is 0 Å². The zero-order chi connectivity index (χ0) is 27.1. The molecule has 3 aromatic carbocycles. The fraction of sp³-hybridized carbons (Fsp3) is 0.0769. The molecular weight excluding hydrogens is 502 g/mol. The van der Waals surface area contributed by atoms with Crippen molar-refractivity contribution < 1.29 is 22.3 Å². The number of nitrogens with one attached hydrogen (secondary N) is 3.